The van der Waals surface area contributed by atoms with Crippen molar-refractivity contribution in [3.63, 3.8) is 0 Å². The van der Waals surface area contributed by atoms with Crippen LogP contribution in [0, 0.1) is 5.82 Å². The summed E-state index contributed by atoms with van der Waals surface area (Å²) in [6.07, 6.45) is 0.633. The average Bonchev–Trinajstić information content (AvgIpc) is 2.67. The van der Waals surface area contributed by atoms with Gasteiger partial charge in [-0.1, -0.05) is 54.6 Å². The first kappa shape index (κ1) is 17.5. The van der Waals surface area contributed by atoms with Gasteiger partial charge in [0.1, 0.15) is 11.4 Å². The summed E-state index contributed by atoms with van der Waals surface area (Å²) in [7, 11) is 0. The van der Waals surface area contributed by atoms with Gasteiger partial charge >= 0.3 is 0 Å². The molecule has 1 aliphatic rings. The smallest absolute Gasteiger partial charge is 0.123 e. The summed E-state index contributed by atoms with van der Waals surface area (Å²) in [4.78, 5) is 0. The molecule has 2 N–H and O–H groups in total. The van der Waals surface area contributed by atoms with Crippen molar-refractivity contribution in [2.75, 3.05) is 13.1 Å². The van der Waals surface area contributed by atoms with Gasteiger partial charge in [-0.25, -0.2) is 4.39 Å². The predicted molar refractivity (Wildman–Crippen MR) is 107 cm³/mol. The van der Waals surface area contributed by atoms with Crippen molar-refractivity contribution in [1.29, 1.82) is 0 Å². The number of rotatable bonds is 4. The second kappa shape index (κ2) is 7.39. The molecule has 134 valence electrons. The molecule has 0 saturated carbocycles. The fourth-order valence-electron chi connectivity index (χ4n) is 3.63. The predicted octanol–water partition coefficient (Wildman–Crippen LogP) is 4.46. The highest BCUT2D eigenvalue weighted by Crippen LogP contribution is 2.39. The summed E-state index contributed by atoms with van der Waals surface area (Å²) in [6, 6.07) is 21.2. The number of hydrogen-bond acceptors (Lipinski definition) is 3. The van der Waals surface area contributed by atoms with Crippen molar-refractivity contribution >= 4 is 22.5 Å². The van der Waals surface area contributed by atoms with Gasteiger partial charge in [-0.2, -0.15) is 0 Å². The van der Waals surface area contributed by atoms with Crippen molar-refractivity contribution in [3.8, 4) is 0 Å². The topological polar surface area (TPSA) is 32.3 Å². The largest absolute Gasteiger partial charge is 0.384 e. The molecular weight excluding hydrogens is 345 g/mol. The number of piperidine rings is 1. The van der Waals surface area contributed by atoms with E-state index in [4.69, 9.17) is 0 Å². The first-order valence-corrected chi connectivity index (χ1v) is 9.98. The number of benzene rings is 3. The molecule has 0 aromatic heterocycles. The molecule has 4 heteroatoms. The van der Waals surface area contributed by atoms with Crippen LogP contribution in [0.4, 0.5) is 4.39 Å². The van der Waals surface area contributed by atoms with E-state index in [0.717, 1.165) is 24.4 Å². The summed E-state index contributed by atoms with van der Waals surface area (Å²) in [5.41, 5.74) is 1.12. The van der Waals surface area contributed by atoms with Gasteiger partial charge in [0.15, 0.2) is 0 Å². The van der Waals surface area contributed by atoms with Crippen LogP contribution in [0.3, 0.4) is 0 Å². The van der Waals surface area contributed by atoms with Gasteiger partial charge in [0.05, 0.1) is 5.25 Å². The van der Waals surface area contributed by atoms with E-state index in [2.05, 4.69) is 41.7 Å². The van der Waals surface area contributed by atoms with E-state index in [1.54, 1.807) is 23.9 Å². The molecule has 3 aromatic rings. The fourth-order valence-corrected chi connectivity index (χ4v) is 4.97. The minimum Gasteiger partial charge on any atom is -0.384 e. The van der Waals surface area contributed by atoms with Gasteiger partial charge in [-0.3, -0.25) is 0 Å². The van der Waals surface area contributed by atoms with Crippen molar-refractivity contribution in [2.45, 2.75) is 23.0 Å². The zero-order valence-corrected chi connectivity index (χ0v) is 15.3. The molecule has 2 nitrogen and oxygen atoms in total. The molecule has 0 amide bonds. The lowest BCUT2D eigenvalue weighted by Gasteiger charge is -2.40. The highest BCUT2D eigenvalue weighted by atomic mass is 32.2. The van der Waals surface area contributed by atoms with Crippen LogP contribution in [-0.2, 0) is 11.4 Å². The first-order chi connectivity index (χ1) is 12.6. The van der Waals surface area contributed by atoms with E-state index in [0.29, 0.717) is 6.42 Å². The Kier molecular flexibility index (Phi) is 4.98. The zero-order valence-electron chi connectivity index (χ0n) is 14.5. The van der Waals surface area contributed by atoms with Gasteiger partial charge in [0, 0.05) is 12.3 Å². The highest BCUT2D eigenvalue weighted by molar-refractivity contribution is 7.99. The van der Waals surface area contributed by atoms with E-state index < -0.39 is 5.60 Å². The maximum atomic E-state index is 13.3. The van der Waals surface area contributed by atoms with Crippen LogP contribution in [0.5, 0.6) is 0 Å². The van der Waals surface area contributed by atoms with Crippen LogP contribution in [0.15, 0.2) is 66.7 Å². The van der Waals surface area contributed by atoms with Crippen molar-refractivity contribution in [2.24, 2.45) is 0 Å². The van der Waals surface area contributed by atoms with Gasteiger partial charge in [-0.05, 0) is 47.0 Å². The number of thioether (sulfide) groups is 1. The lowest BCUT2D eigenvalue weighted by atomic mass is 9.84. The number of fused-ring (bicyclic) bond motifs is 1. The Bertz CT molecular complexity index is 898. The van der Waals surface area contributed by atoms with Crippen molar-refractivity contribution in [3.05, 3.63) is 83.7 Å². The maximum absolute atomic E-state index is 13.3. The van der Waals surface area contributed by atoms with Crippen LogP contribution in [-0.4, -0.2) is 23.4 Å². The van der Waals surface area contributed by atoms with Crippen LogP contribution in [0.2, 0.25) is 0 Å². The third-order valence-electron chi connectivity index (χ3n) is 5.15. The minimum atomic E-state index is -0.930. The van der Waals surface area contributed by atoms with Gasteiger partial charge in [-0.15, -0.1) is 11.8 Å². The second-order valence-electron chi connectivity index (χ2n) is 6.87. The third kappa shape index (κ3) is 3.50. The number of halogens is 1. The second-order valence-corrected chi connectivity index (χ2v) is 8.06. The summed E-state index contributed by atoms with van der Waals surface area (Å²) >= 11 is 1.76. The Balaban J connectivity index is 1.53. The van der Waals surface area contributed by atoms with E-state index in [1.165, 1.54) is 28.5 Å². The lowest BCUT2D eigenvalue weighted by molar-refractivity contribution is 0.0124. The van der Waals surface area contributed by atoms with Crippen molar-refractivity contribution < 1.29 is 9.50 Å². The summed E-state index contributed by atoms with van der Waals surface area (Å²) in [5, 5.41) is 17.2. The van der Waals surface area contributed by atoms with Crippen molar-refractivity contribution in [1.82, 2.24) is 5.32 Å². The normalized spacial score (nSPS) is 23.2. The molecule has 1 saturated heterocycles. The molecule has 0 radical (unpaired) electrons. The monoisotopic (exact) mass is 367 g/mol. The molecule has 1 fully saturated rings. The molecule has 1 heterocycles. The molecule has 0 bridgehead atoms. The lowest BCUT2D eigenvalue weighted by Crippen LogP contribution is -2.50. The molecule has 0 spiro atoms. The molecular formula is C22H22FNOS. The van der Waals surface area contributed by atoms with Crippen LogP contribution in [0.25, 0.3) is 10.8 Å². The number of nitrogens with one attached hydrogen (secondary N) is 1. The molecule has 2 unspecified atom stereocenters. The zero-order chi connectivity index (χ0) is 18.0. The standard InChI is InChI=1S/C22H22FNOS/c23-20-9-7-19(8-10-20)22(25)11-12-24-14-21(22)26-15-16-5-6-17-3-1-2-4-18(17)13-16/h1-10,13,21,24-25H,11-12,14-15H2. The Morgan fingerprint density at radius 2 is 1.81 bits per heavy atom. The molecule has 4 rings (SSSR count). The Morgan fingerprint density at radius 1 is 1.04 bits per heavy atom. The molecule has 2 atom stereocenters. The molecule has 0 aliphatic carbocycles. The van der Waals surface area contributed by atoms with E-state index >= 15 is 0 Å². The van der Waals surface area contributed by atoms with E-state index in [-0.39, 0.29) is 11.1 Å². The maximum Gasteiger partial charge on any atom is 0.123 e. The van der Waals surface area contributed by atoms with E-state index in [1.807, 2.05) is 6.07 Å². The van der Waals surface area contributed by atoms with E-state index in [9.17, 15) is 9.50 Å². The van der Waals surface area contributed by atoms with Gasteiger partial charge in [0.2, 0.25) is 0 Å². The summed E-state index contributed by atoms with van der Waals surface area (Å²) in [5.74, 6) is 0.562. The van der Waals surface area contributed by atoms with Gasteiger partial charge in [0.25, 0.3) is 0 Å². The first-order valence-electron chi connectivity index (χ1n) is 8.93. The Hall–Kier alpha value is -1.88. The minimum absolute atomic E-state index is 0.0215. The summed E-state index contributed by atoms with van der Waals surface area (Å²) < 4.78 is 13.3. The molecule has 26 heavy (non-hydrogen) atoms. The van der Waals surface area contributed by atoms with Crippen LogP contribution < -0.4 is 5.32 Å². The average molecular weight is 367 g/mol. The van der Waals surface area contributed by atoms with Crippen LogP contribution >= 0.6 is 11.8 Å². The Morgan fingerprint density at radius 3 is 2.62 bits per heavy atom. The van der Waals surface area contributed by atoms with Gasteiger partial charge < -0.3 is 10.4 Å². The quantitative estimate of drug-likeness (QED) is 0.714. The SMILES string of the molecule is OC1(c2ccc(F)cc2)CCNCC1SCc1ccc2ccccc2c1. The van der Waals surface area contributed by atoms with Crippen LogP contribution in [0.1, 0.15) is 17.5 Å². The number of aliphatic hydroxyl groups is 1. The third-order valence-corrected chi connectivity index (χ3v) is 6.61. The molecule has 1 aliphatic heterocycles. The fraction of sp³-hybridized carbons (Fsp3) is 0.273. The Labute approximate surface area is 157 Å². The molecule has 3 aromatic carbocycles. The number of hydrogen-bond donors (Lipinski definition) is 2. The summed E-state index contributed by atoms with van der Waals surface area (Å²) in [6.45, 7) is 1.51. The highest BCUT2D eigenvalue weighted by Gasteiger charge is 2.40.